The summed E-state index contributed by atoms with van der Waals surface area (Å²) in [6.07, 6.45) is 0.836. The van der Waals surface area contributed by atoms with Crippen LogP contribution in [0.25, 0.3) is 0 Å². The van der Waals surface area contributed by atoms with Gasteiger partial charge in [0.15, 0.2) is 0 Å². The zero-order chi connectivity index (χ0) is 15.1. The lowest BCUT2D eigenvalue weighted by Crippen LogP contribution is -2.31. The van der Waals surface area contributed by atoms with E-state index in [0.29, 0.717) is 11.6 Å². The summed E-state index contributed by atoms with van der Waals surface area (Å²) >= 11 is 6.04. The minimum absolute atomic E-state index is 0.0229. The van der Waals surface area contributed by atoms with Gasteiger partial charge in [-0.15, -0.1) is 0 Å². The molecule has 0 aliphatic carbocycles. The van der Waals surface area contributed by atoms with Gasteiger partial charge < -0.3 is 10.6 Å². The first-order chi connectivity index (χ1) is 10.2. The Morgan fingerprint density at radius 1 is 1.10 bits per heavy atom. The molecule has 2 N–H and O–H groups in total. The van der Waals surface area contributed by atoms with E-state index in [2.05, 4.69) is 22.8 Å². The summed E-state index contributed by atoms with van der Waals surface area (Å²) in [5, 5.41) is 6.71. The second-order valence-corrected chi connectivity index (χ2v) is 5.26. The Balaban J connectivity index is 1.74. The van der Waals surface area contributed by atoms with Gasteiger partial charge in [-0.2, -0.15) is 0 Å². The van der Waals surface area contributed by atoms with Crippen LogP contribution in [0.1, 0.15) is 11.1 Å². The lowest BCUT2D eigenvalue weighted by molar-refractivity contribution is -0.119. The SMILES string of the molecule is Cc1c(Cl)cccc1NCC(=O)NCCc1ccccc1. The summed E-state index contributed by atoms with van der Waals surface area (Å²) in [6, 6.07) is 15.7. The molecule has 21 heavy (non-hydrogen) atoms. The van der Waals surface area contributed by atoms with Crippen LogP contribution in [0.2, 0.25) is 5.02 Å². The standard InChI is InChI=1S/C17H19ClN2O/c1-13-15(18)8-5-9-16(13)20-12-17(21)19-11-10-14-6-3-2-4-7-14/h2-9,20H,10-12H2,1H3,(H,19,21). The molecule has 4 heteroatoms. The first kappa shape index (κ1) is 15.4. The highest BCUT2D eigenvalue weighted by atomic mass is 35.5. The Morgan fingerprint density at radius 3 is 2.62 bits per heavy atom. The molecule has 0 atom stereocenters. The van der Waals surface area contributed by atoms with Crippen LogP contribution in [0.5, 0.6) is 0 Å². The average Bonchev–Trinajstić information content (AvgIpc) is 2.50. The van der Waals surface area contributed by atoms with Crippen molar-refractivity contribution < 1.29 is 4.79 Å². The molecule has 0 aliphatic heterocycles. The molecule has 110 valence electrons. The fraction of sp³-hybridized carbons (Fsp3) is 0.235. The van der Waals surface area contributed by atoms with E-state index in [9.17, 15) is 4.79 Å². The molecule has 0 fully saturated rings. The van der Waals surface area contributed by atoms with Gasteiger partial charge in [-0.3, -0.25) is 4.79 Å². The maximum atomic E-state index is 11.8. The van der Waals surface area contributed by atoms with Gasteiger partial charge in [0.2, 0.25) is 5.91 Å². The zero-order valence-corrected chi connectivity index (χ0v) is 12.8. The van der Waals surface area contributed by atoms with Crippen LogP contribution < -0.4 is 10.6 Å². The average molecular weight is 303 g/mol. The predicted molar refractivity (Wildman–Crippen MR) is 87.8 cm³/mol. The van der Waals surface area contributed by atoms with Gasteiger partial charge in [-0.1, -0.05) is 48.0 Å². The first-order valence-electron chi connectivity index (χ1n) is 6.96. The molecule has 2 rings (SSSR count). The third-order valence-corrected chi connectivity index (χ3v) is 3.70. The van der Waals surface area contributed by atoms with Crippen LogP contribution in [0, 0.1) is 6.92 Å². The maximum absolute atomic E-state index is 11.8. The van der Waals surface area contributed by atoms with Gasteiger partial charge in [-0.25, -0.2) is 0 Å². The van der Waals surface area contributed by atoms with Crippen molar-refractivity contribution in [1.29, 1.82) is 0 Å². The molecule has 0 aromatic heterocycles. The Hall–Kier alpha value is -2.00. The smallest absolute Gasteiger partial charge is 0.239 e. The van der Waals surface area contributed by atoms with Crippen LogP contribution in [0.3, 0.4) is 0 Å². The highest BCUT2D eigenvalue weighted by molar-refractivity contribution is 6.31. The molecule has 0 saturated heterocycles. The number of benzene rings is 2. The molecule has 0 unspecified atom stereocenters. The molecule has 0 saturated carbocycles. The Morgan fingerprint density at radius 2 is 1.86 bits per heavy atom. The molecule has 3 nitrogen and oxygen atoms in total. The van der Waals surface area contributed by atoms with Crippen molar-refractivity contribution in [3.63, 3.8) is 0 Å². The van der Waals surface area contributed by atoms with Gasteiger partial charge in [0, 0.05) is 17.3 Å². The van der Waals surface area contributed by atoms with E-state index >= 15 is 0 Å². The maximum Gasteiger partial charge on any atom is 0.239 e. The quantitative estimate of drug-likeness (QED) is 0.858. The topological polar surface area (TPSA) is 41.1 Å². The third kappa shape index (κ3) is 4.80. The molecular weight excluding hydrogens is 284 g/mol. The molecule has 0 heterocycles. The molecule has 1 amide bonds. The Kier molecular flexibility index (Phi) is 5.64. The highest BCUT2D eigenvalue weighted by Gasteiger charge is 2.04. The van der Waals surface area contributed by atoms with E-state index < -0.39 is 0 Å². The van der Waals surface area contributed by atoms with E-state index in [1.165, 1.54) is 5.56 Å². The van der Waals surface area contributed by atoms with E-state index in [0.717, 1.165) is 17.7 Å². The van der Waals surface area contributed by atoms with Crippen molar-refractivity contribution in [2.24, 2.45) is 0 Å². The number of rotatable bonds is 6. The number of hydrogen-bond acceptors (Lipinski definition) is 2. The number of carbonyl (C=O) groups is 1. The number of carbonyl (C=O) groups excluding carboxylic acids is 1. The van der Waals surface area contributed by atoms with Crippen molar-refractivity contribution in [1.82, 2.24) is 5.32 Å². The van der Waals surface area contributed by atoms with Crippen LogP contribution in [0.4, 0.5) is 5.69 Å². The fourth-order valence-electron chi connectivity index (χ4n) is 2.03. The summed E-state index contributed by atoms with van der Waals surface area (Å²) < 4.78 is 0. The van der Waals surface area contributed by atoms with E-state index in [-0.39, 0.29) is 12.5 Å². The third-order valence-electron chi connectivity index (χ3n) is 3.29. The van der Waals surface area contributed by atoms with Gasteiger partial charge in [0.25, 0.3) is 0 Å². The second kappa shape index (κ2) is 7.70. The lowest BCUT2D eigenvalue weighted by atomic mass is 10.1. The van der Waals surface area contributed by atoms with Gasteiger partial charge in [0.1, 0.15) is 0 Å². The minimum atomic E-state index is -0.0229. The summed E-state index contributed by atoms with van der Waals surface area (Å²) in [7, 11) is 0. The van der Waals surface area contributed by atoms with Crippen LogP contribution in [-0.4, -0.2) is 19.0 Å². The molecule has 2 aromatic rings. The molecule has 0 aliphatic rings. The van der Waals surface area contributed by atoms with E-state index in [4.69, 9.17) is 11.6 Å². The van der Waals surface area contributed by atoms with Crippen molar-refractivity contribution >= 4 is 23.2 Å². The van der Waals surface area contributed by atoms with Gasteiger partial charge in [-0.05, 0) is 36.6 Å². The molecule has 2 aromatic carbocycles. The monoisotopic (exact) mass is 302 g/mol. The molecular formula is C17H19ClN2O. The largest absolute Gasteiger partial charge is 0.376 e. The highest BCUT2D eigenvalue weighted by Crippen LogP contribution is 2.22. The number of anilines is 1. The molecule has 0 bridgehead atoms. The molecule has 0 spiro atoms. The van der Waals surface area contributed by atoms with Crippen LogP contribution >= 0.6 is 11.6 Å². The summed E-state index contributed by atoms with van der Waals surface area (Å²) in [4.78, 5) is 11.8. The van der Waals surface area contributed by atoms with E-state index in [1.54, 1.807) is 0 Å². The lowest BCUT2D eigenvalue weighted by Gasteiger charge is -2.11. The van der Waals surface area contributed by atoms with Crippen molar-refractivity contribution in [2.75, 3.05) is 18.4 Å². The second-order valence-electron chi connectivity index (χ2n) is 4.85. The number of amides is 1. The Labute approximate surface area is 130 Å². The number of halogens is 1. The van der Waals surface area contributed by atoms with Gasteiger partial charge in [0.05, 0.1) is 6.54 Å². The Bertz CT molecular complexity index is 599. The first-order valence-corrected chi connectivity index (χ1v) is 7.34. The van der Waals surface area contributed by atoms with Gasteiger partial charge >= 0.3 is 0 Å². The normalized spacial score (nSPS) is 10.2. The molecule has 0 radical (unpaired) electrons. The van der Waals surface area contributed by atoms with Crippen LogP contribution in [-0.2, 0) is 11.2 Å². The fourth-order valence-corrected chi connectivity index (χ4v) is 2.20. The van der Waals surface area contributed by atoms with Crippen molar-refractivity contribution in [2.45, 2.75) is 13.3 Å². The van der Waals surface area contributed by atoms with E-state index in [1.807, 2.05) is 43.3 Å². The minimum Gasteiger partial charge on any atom is -0.376 e. The number of nitrogens with one attached hydrogen (secondary N) is 2. The van der Waals surface area contributed by atoms with Crippen molar-refractivity contribution in [3.05, 3.63) is 64.7 Å². The van der Waals surface area contributed by atoms with Crippen LogP contribution in [0.15, 0.2) is 48.5 Å². The summed E-state index contributed by atoms with van der Waals surface area (Å²) in [6.45, 7) is 2.81. The zero-order valence-electron chi connectivity index (χ0n) is 12.0. The summed E-state index contributed by atoms with van der Waals surface area (Å²) in [5.74, 6) is -0.0229. The number of hydrogen-bond donors (Lipinski definition) is 2. The predicted octanol–water partition coefficient (Wildman–Crippen LogP) is 3.42. The summed E-state index contributed by atoms with van der Waals surface area (Å²) in [5.41, 5.74) is 3.06. The van der Waals surface area contributed by atoms with Crippen molar-refractivity contribution in [3.8, 4) is 0 Å².